The van der Waals surface area contributed by atoms with Crippen molar-refractivity contribution in [3.63, 3.8) is 0 Å². The molecule has 0 amide bonds. The Morgan fingerprint density at radius 1 is 1.57 bits per heavy atom. The van der Waals surface area contributed by atoms with Crippen LogP contribution >= 0.6 is 15.9 Å². The summed E-state index contributed by atoms with van der Waals surface area (Å²) in [7, 11) is 1.12. The van der Waals surface area contributed by atoms with Crippen molar-refractivity contribution in [3.8, 4) is 0 Å². The average molecular weight is 265 g/mol. The van der Waals surface area contributed by atoms with E-state index in [-0.39, 0.29) is 5.76 Å². The highest BCUT2D eigenvalue weighted by atomic mass is 79.9. The molecule has 1 aromatic rings. The van der Waals surface area contributed by atoms with E-state index < -0.39 is 18.2 Å². The van der Waals surface area contributed by atoms with Crippen LogP contribution in [0.5, 0.6) is 0 Å². The van der Waals surface area contributed by atoms with Gasteiger partial charge in [-0.15, -0.1) is 0 Å². The second kappa shape index (κ2) is 4.59. The summed E-state index contributed by atoms with van der Waals surface area (Å²) < 4.78 is 9.63. The molecule has 2 atom stereocenters. The van der Waals surface area contributed by atoms with Gasteiger partial charge in [0.05, 0.1) is 7.11 Å². The van der Waals surface area contributed by atoms with Gasteiger partial charge in [-0.2, -0.15) is 0 Å². The number of ether oxygens (including phenoxy) is 1. The first kappa shape index (κ1) is 11.2. The van der Waals surface area contributed by atoms with Crippen LogP contribution in [-0.2, 0) is 9.53 Å². The number of hydrogen-bond acceptors (Lipinski definition) is 5. The largest absolute Gasteiger partial charge is 0.467 e. The van der Waals surface area contributed by atoms with E-state index in [9.17, 15) is 15.0 Å². The number of aliphatic hydroxyl groups excluding tert-OH is 2. The molecule has 0 aliphatic carbocycles. The van der Waals surface area contributed by atoms with Gasteiger partial charge in [-0.25, -0.2) is 4.79 Å². The highest BCUT2D eigenvalue weighted by Gasteiger charge is 2.28. The van der Waals surface area contributed by atoms with Crippen molar-refractivity contribution >= 4 is 21.9 Å². The predicted octanol–water partition coefficient (Wildman–Crippen LogP) is 0.609. The van der Waals surface area contributed by atoms with Gasteiger partial charge in [-0.05, 0) is 28.1 Å². The fourth-order valence-corrected chi connectivity index (χ4v) is 1.21. The quantitative estimate of drug-likeness (QED) is 0.782. The van der Waals surface area contributed by atoms with Gasteiger partial charge in [0, 0.05) is 0 Å². The Labute approximate surface area is 88.4 Å². The van der Waals surface area contributed by atoms with E-state index in [4.69, 9.17) is 4.42 Å². The molecule has 1 rings (SSSR count). The molecule has 14 heavy (non-hydrogen) atoms. The number of furan rings is 1. The minimum absolute atomic E-state index is 0.0924. The van der Waals surface area contributed by atoms with E-state index in [0.29, 0.717) is 4.67 Å². The summed E-state index contributed by atoms with van der Waals surface area (Å²) >= 11 is 3.03. The summed E-state index contributed by atoms with van der Waals surface area (Å²) in [5, 5.41) is 18.7. The first-order chi connectivity index (χ1) is 6.56. The molecule has 78 valence electrons. The smallest absolute Gasteiger partial charge is 0.337 e. The van der Waals surface area contributed by atoms with Crippen molar-refractivity contribution in [1.82, 2.24) is 0 Å². The van der Waals surface area contributed by atoms with Crippen molar-refractivity contribution in [1.29, 1.82) is 0 Å². The number of aliphatic hydroxyl groups is 2. The molecule has 0 saturated heterocycles. The van der Waals surface area contributed by atoms with Crippen molar-refractivity contribution < 1.29 is 24.2 Å². The Bertz CT molecular complexity index is 321. The van der Waals surface area contributed by atoms with Crippen LogP contribution in [0.15, 0.2) is 21.2 Å². The molecule has 0 bridgehead atoms. The van der Waals surface area contributed by atoms with Gasteiger partial charge in [0.15, 0.2) is 10.8 Å². The van der Waals surface area contributed by atoms with Crippen LogP contribution < -0.4 is 0 Å². The number of hydrogen-bond donors (Lipinski definition) is 2. The van der Waals surface area contributed by atoms with E-state index in [1.807, 2.05) is 0 Å². The van der Waals surface area contributed by atoms with Crippen molar-refractivity contribution in [3.05, 3.63) is 22.6 Å². The summed E-state index contributed by atoms with van der Waals surface area (Å²) in [5.74, 6) is -0.820. The zero-order chi connectivity index (χ0) is 10.7. The summed E-state index contributed by atoms with van der Waals surface area (Å²) in [6.07, 6.45) is -3.06. The van der Waals surface area contributed by atoms with E-state index in [1.54, 1.807) is 6.07 Å². The standard InChI is InChI=1S/C8H9BrO5/c1-13-8(12)7(11)6(10)4-2-3-5(9)14-4/h2-3,6-7,10-11H,1H3. The minimum atomic E-state index is -1.64. The average Bonchev–Trinajstić information content (AvgIpc) is 2.61. The first-order valence-corrected chi connectivity index (χ1v) is 4.54. The number of carbonyl (C=O) groups excluding carboxylic acids is 1. The van der Waals surface area contributed by atoms with Crippen LogP contribution in [0, 0.1) is 0 Å². The molecule has 0 spiro atoms. The Kier molecular flexibility index (Phi) is 3.68. The molecule has 0 radical (unpaired) electrons. The topological polar surface area (TPSA) is 79.9 Å². The van der Waals surface area contributed by atoms with E-state index in [1.165, 1.54) is 6.07 Å². The molecular formula is C8H9BrO5. The molecule has 0 saturated carbocycles. The zero-order valence-corrected chi connectivity index (χ0v) is 8.89. The zero-order valence-electron chi connectivity index (χ0n) is 7.31. The molecule has 1 heterocycles. The maximum atomic E-state index is 10.8. The molecule has 0 aromatic carbocycles. The second-order valence-corrected chi connectivity index (χ2v) is 3.34. The lowest BCUT2D eigenvalue weighted by Crippen LogP contribution is -2.28. The summed E-state index contributed by atoms with van der Waals surface area (Å²) in [6, 6.07) is 2.99. The third-order valence-electron chi connectivity index (χ3n) is 1.63. The molecule has 1 aromatic heterocycles. The molecule has 2 N–H and O–H groups in total. The Morgan fingerprint density at radius 3 is 2.64 bits per heavy atom. The van der Waals surface area contributed by atoms with Crippen LogP contribution in [0.2, 0.25) is 0 Å². The number of rotatable bonds is 3. The molecule has 6 heteroatoms. The van der Waals surface area contributed by atoms with Gasteiger partial charge in [0.25, 0.3) is 0 Å². The van der Waals surface area contributed by atoms with E-state index >= 15 is 0 Å². The van der Waals surface area contributed by atoms with Crippen molar-refractivity contribution in [2.24, 2.45) is 0 Å². The van der Waals surface area contributed by atoms with E-state index in [2.05, 4.69) is 20.7 Å². The Hall–Kier alpha value is -0.850. The lowest BCUT2D eigenvalue weighted by molar-refractivity contribution is -0.157. The first-order valence-electron chi connectivity index (χ1n) is 3.75. The van der Waals surface area contributed by atoms with Crippen LogP contribution in [0.4, 0.5) is 0 Å². The molecule has 5 nitrogen and oxygen atoms in total. The molecule has 0 fully saturated rings. The predicted molar refractivity (Wildman–Crippen MR) is 49.4 cm³/mol. The molecular weight excluding hydrogens is 256 g/mol. The Balaban J connectivity index is 2.74. The third-order valence-corrected chi connectivity index (χ3v) is 2.05. The normalized spacial score (nSPS) is 14.9. The van der Waals surface area contributed by atoms with Gasteiger partial charge in [0.2, 0.25) is 0 Å². The molecule has 0 aliphatic rings. The Morgan fingerprint density at radius 2 is 2.21 bits per heavy atom. The fourth-order valence-electron chi connectivity index (χ4n) is 0.892. The minimum Gasteiger partial charge on any atom is -0.467 e. The van der Waals surface area contributed by atoms with Gasteiger partial charge >= 0.3 is 5.97 Å². The lowest BCUT2D eigenvalue weighted by atomic mass is 10.1. The van der Waals surface area contributed by atoms with Gasteiger partial charge in [-0.3, -0.25) is 0 Å². The number of esters is 1. The van der Waals surface area contributed by atoms with Crippen molar-refractivity contribution in [2.75, 3.05) is 7.11 Å². The maximum absolute atomic E-state index is 10.8. The monoisotopic (exact) mass is 264 g/mol. The highest BCUT2D eigenvalue weighted by molar-refractivity contribution is 9.10. The van der Waals surface area contributed by atoms with Crippen LogP contribution in [-0.4, -0.2) is 29.4 Å². The third kappa shape index (κ3) is 2.34. The van der Waals surface area contributed by atoms with Gasteiger partial charge in [-0.1, -0.05) is 0 Å². The second-order valence-electron chi connectivity index (χ2n) is 2.55. The van der Waals surface area contributed by atoms with Crippen molar-refractivity contribution in [2.45, 2.75) is 12.2 Å². The highest BCUT2D eigenvalue weighted by Crippen LogP contribution is 2.23. The number of halogens is 1. The lowest BCUT2D eigenvalue weighted by Gasteiger charge is -2.12. The van der Waals surface area contributed by atoms with Crippen LogP contribution in [0.1, 0.15) is 11.9 Å². The molecule has 2 unspecified atom stereocenters. The summed E-state index contributed by atoms with van der Waals surface area (Å²) in [6.45, 7) is 0. The summed E-state index contributed by atoms with van der Waals surface area (Å²) in [4.78, 5) is 10.8. The number of carbonyl (C=O) groups is 1. The maximum Gasteiger partial charge on any atom is 0.337 e. The number of methoxy groups -OCH3 is 1. The SMILES string of the molecule is COC(=O)C(O)C(O)c1ccc(Br)o1. The van der Waals surface area contributed by atoms with Crippen LogP contribution in [0.25, 0.3) is 0 Å². The van der Waals surface area contributed by atoms with E-state index in [0.717, 1.165) is 7.11 Å². The molecule has 0 aliphatic heterocycles. The summed E-state index contributed by atoms with van der Waals surface area (Å²) in [5.41, 5.74) is 0. The fraction of sp³-hybridized carbons (Fsp3) is 0.375. The van der Waals surface area contributed by atoms with Crippen LogP contribution in [0.3, 0.4) is 0 Å². The van der Waals surface area contributed by atoms with Gasteiger partial charge < -0.3 is 19.4 Å². The van der Waals surface area contributed by atoms with Gasteiger partial charge in [0.1, 0.15) is 11.9 Å².